The number of hydrogen-bond donors (Lipinski definition) is 0. The molecule has 2 aromatic heterocycles. The number of rotatable bonds is 6. The van der Waals surface area contributed by atoms with Gasteiger partial charge in [0, 0.05) is 61.0 Å². The quantitative estimate of drug-likeness (QED) is 0.169. The average Bonchev–Trinajstić information content (AvgIpc) is 3.99. The average molecular weight is 768 g/mol. The van der Waals surface area contributed by atoms with Crippen LogP contribution in [0, 0.1) is 0 Å². The fourth-order valence-corrected chi connectivity index (χ4v) is 12.4. The molecule has 6 unspecified atom stereocenters. The Hall–Kier alpha value is -6.23. The minimum Gasteiger partial charge on any atom is -0.456 e. The van der Waals surface area contributed by atoms with Crippen molar-refractivity contribution in [2.75, 3.05) is 4.90 Å². The van der Waals surface area contributed by atoms with Crippen LogP contribution in [0.4, 0.5) is 5.69 Å². The van der Waals surface area contributed by atoms with Crippen LogP contribution in [0.25, 0.3) is 50.1 Å². The summed E-state index contributed by atoms with van der Waals surface area (Å²) in [7, 11) is 0. The van der Waals surface area contributed by atoms with Crippen molar-refractivity contribution in [1.82, 2.24) is 0 Å². The Morgan fingerprint density at radius 3 is 2.12 bits per heavy atom. The van der Waals surface area contributed by atoms with E-state index in [1.165, 1.54) is 38.2 Å². The topological polar surface area (TPSA) is 29.5 Å². The molecule has 3 heterocycles. The molecule has 0 bridgehead atoms. The summed E-state index contributed by atoms with van der Waals surface area (Å²) in [6, 6.07) is 64.6. The highest BCUT2D eigenvalue weighted by atomic mass is 32.2. The first-order valence-electron chi connectivity index (χ1n) is 20.6. The molecule has 1 fully saturated rings. The SMILES string of the molecule is C1=CC(c2ccccc2)C(N(c2ccc3oc4ccccc4c3c2)C2CCC(c3ccccc3)C3Sc4ccccc4C32)c2c1oc1c(-c3ccccc3)cccc21. The van der Waals surface area contributed by atoms with Crippen LogP contribution >= 0.6 is 11.8 Å². The maximum absolute atomic E-state index is 7.06. The van der Waals surface area contributed by atoms with Crippen molar-refractivity contribution in [3.63, 3.8) is 0 Å². The van der Waals surface area contributed by atoms with Gasteiger partial charge in [0.2, 0.25) is 0 Å². The van der Waals surface area contributed by atoms with Crippen LogP contribution in [-0.4, -0.2) is 11.3 Å². The summed E-state index contributed by atoms with van der Waals surface area (Å²) in [6.45, 7) is 0. The number of hydrogen-bond acceptors (Lipinski definition) is 4. The number of benzene rings is 7. The fraction of sp³-hybridized carbons (Fsp3) is 0.148. The molecule has 58 heavy (non-hydrogen) atoms. The molecule has 4 heteroatoms. The Bertz CT molecular complexity index is 2980. The third-order valence-electron chi connectivity index (χ3n) is 13.2. The van der Waals surface area contributed by atoms with Crippen molar-refractivity contribution in [3.8, 4) is 11.1 Å². The smallest absolute Gasteiger partial charge is 0.142 e. The monoisotopic (exact) mass is 767 g/mol. The largest absolute Gasteiger partial charge is 0.456 e. The Kier molecular flexibility index (Phi) is 8.01. The molecule has 12 rings (SSSR count). The molecular weight excluding hydrogens is 727 g/mol. The molecular formula is C54H41NO2S. The highest BCUT2D eigenvalue weighted by Gasteiger charge is 2.51. The molecule has 9 aromatic rings. The van der Waals surface area contributed by atoms with Crippen LogP contribution < -0.4 is 4.90 Å². The molecule has 1 aliphatic heterocycles. The Morgan fingerprint density at radius 2 is 1.28 bits per heavy atom. The van der Waals surface area contributed by atoms with Crippen LogP contribution in [0.2, 0.25) is 0 Å². The molecule has 2 aliphatic carbocycles. The fourth-order valence-electron chi connectivity index (χ4n) is 10.7. The zero-order valence-electron chi connectivity index (χ0n) is 31.9. The number of nitrogens with zero attached hydrogens (tertiary/aromatic N) is 1. The third-order valence-corrected chi connectivity index (χ3v) is 14.7. The van der Waals surface area contributed by atoms with Crippen molar-refractivity contribution >= 4 is 56.4 Å². The van der Waals surface area contributed by atoms with Gasteiger partial charge in [-0.25, -0.2) is 0 Å². The van der Waals surface area contributed by atoms with E-state index in [0.29, 0.717) is 17.1 Å². The maximum Gasteiger partial charge on any atom is 0.142 e. The van der Waals surface area contributed by atoms with Crippen molar-refractivity contribution in [3.05, 3.63) is 210 Å². The molecule has 0 amide bonds. The molecule has 280 valence electrons. The van der Waals surface area contributed by atoms with Crippen molar-refractivity contribution in [2.24, 2.45) is 0 Å². The van der Waals surface area contributed by atoms with Gasteiger partial charge >= 0.3 is 0 Å². The van der Waals surface area contributed by atoms with E-state index in [-0.39, 0.29) is 18.0 Å². The second-order valence-electron chi connectivity index (χ2n) is 16.2. The van der Waals surface area contributed by atoms with Gasteiger partial charge in [-0.1, -0.05) is 152 Å². The summed E-state index contributed by atoms with van der Waals surface area (Å²) in [4.78, 5) is 4.28. The predicted molar refractivity (Wildman–Crippen MR) is 240 cm³/mol. The van der Waals surface area contributed by atoms with E-state index in [9.17, 15) is 0 Å². The first-order chi connectivity index (χ1) is 28.8. The van der Waals surface area contributed by atoms with Crippen LogP contribution in [-0.2, 0) is 0 Å². The van der Waals surface area contributed by atoms with Gasteiger partial charge in [-0.15, -0.1) is 11.8 Å². The van der Waals surface area contributed by atoms with E-state index in [4.69, 9.17) is 8.83 Å². The predicted octanol–water partition coefficient (Wildman–Crippen LogP) is 14.6. The van der Waals surface area contributed by atoms with Crippen LogP contribution in [0.1, 0.15) is 64.7 Å². The molecule has 0 radical (unpaired) electrons. The van der Waals surface area contributed by atoms with Crippen molar-refractivity contribution < 1.29 is 8.83 Å². The van der Waals surface area contributed by atoms with E-state index in [1.807, 2.05) is 0 Å². The Labute approximate surface area is 342 Å². The normalized spacial score (nSPS) is 22.2. The van der Waals surface area contributed by atoms with Gasteiger partial charge in [0.25, 0.3) is 0 Å². The van der Waals surface area contributed by atoms with Crippen molar-refractivity contribution in [2.45, 2.75) is 52.8 Å². The van der Waals surface area contributed by atoms with Gasteiger partial charge in [0.1, 0.15) is 22.5 Å². The first kappa shape index (κ1) is 33.9. The molecule has 0 N–H and O–H groups in total. The second-order valence-corrected chi connectivity index (χ2v) is 17.4. The molecule has 3 nitrogen and oxygen atoms in total. The van der Waals surface area contributed by atoms with Gasteiger partial charge in [0.05, 0.1) is 6.04 Å². The Balaban J connectivity index is 1.12. The summed E-state index contributed by atoms with van der Waals surface area (Å²) in [5.41, 5.74) is 11.8. The minimum atomic E-state index is -0.0537. The number of fused-ring (bicyclic) bond motifs is 9. The van der Waals surface area contributed by atoms with Gasteiger partial charge in [-0.05, 0) is 77.4 Å². The zero-order valence-corrected chi connectivity index (χ0v) is 32.8. The number of thioether (sulfide) groups is 1. The molecule has 7 aromatic carbocycles. The summed E-state index contributed by atoms with van der Waals surface area (Å²) in [6.07, 6.45) is 6.83. The highest BCUT2D eigenvalue weighted by molar-refractivity contribution is 8.00. The minimum absolute atomic E-state index is 0.0537. The van der Waals surface area contributed by atoms with Gasteiger partial charge in [-0.3, -0.25) is 0 Å². The first-order valence-corrected chi connectivity index (χ1v) is 21.5. The molecule has 6 atom stereocenters. The lowest BCUT2D eigenvalue weighted by Gasteiger charge is -2.50. The highest BCUT2D eigenvalue weighted by Crippen LogP contribution is 2.60. The summed E-state index contributed by atoms with van der Waals surface area (Å²) in [5, 5.41) is 3.89. The van der Waals surface area contributed by atoms with Crippen molar-refractivity contribution in [1.29, 1.82) is 0 Å². The van der Waals surface area contributed by atoms with E-state index < -0.39 is 0 Å². The lowest BCUT2D eigenvalue weighted by molar-refractivity contribution is 0.321. The van der Waals surface area contributed by atoms with E-state index in [2.05, 4.69) is 205 Å². The summed E-state index contributed by atoms with van der Waals surface area (Å²) < 4.78 is 13.5. The number of furan rings is 2. The standard InChI is InChI=1S/C54H41NO2S/c1-4-15-34(16-5-1)38-29-32-48-51(43-24-14-23-39(53(43)57-48)35-17-6-2-7-18-35)52(38)55(37-27-31-47-44(33-37)41-21-10-12-25-46(41)56-47)45-30-28-40(36-19-8-3-9-20-36)54-50(45)42-22-11-13-26-49(42)58-54/h1-27,29,31-33,38,40,45,50,52,54H,28,30H2. The van der Waals surface area contributed by atoms with Crippen LogP contribution in [0.15, 0.2) is 196 Å². The zero-order chi connectivity index (χ0) is 38.2. The van der Waals surface area contributed by atoms with E-state index in [1.54, 1.807) is 0 Å². The van der Waals surface area contributed by atoms with Gasteiger partial charge < -0.3 is 13.7 Å². The third kappa shape index (κ3) is 5.35. The molecule has 3 aliphatic rings. The lowest BCUT2D eigenvalue weighted by Crippen LogP contribution is -2.49. The molecule has 1 saturated carbocycles. The number of anilines is 1. The van der Waals surface area contributed by atoms with Crippen LogP contribution in [0.3, 0.4) is 0 Å². The van der Waals surface area contributed by atoms with Gasteiger partial charge in [-0.2, -0.15) is 0 Å². The molecule has 0 saturated heterocycles. The number of para-hydroxylation sites is 2. The van der Waals surface area contributed by atoms with Gasteiger partial charge in [0.15, 0.2) is 0 Å². The Morgan fingerprint density at radius 1 is 0.569 bits per heavy atom. The summed E-state index contributed by atoms with van der Waals surface area (Å²) in [5.74, 6) is 1.78. The lowest BCUT2D eigenvalue weighted by atomic mass is 9.70. The van der Waals surface area contributed by atoms with E-state index >= 15 is 0 Å². The van der Waals surface area contributed by atoms with E-state index in [0.717, 1.165) is 57.3 Å². The summed E-state index contributed by atoms with van der Waals surface area (Å²) >= 11 is 2.10. The maximum atomic E-state index is 7.06. The van der Waals surface area contributed by atoms with Crippen LogP contribution in [0.5, 0.6) is 0 Å². The second kappa shape index (κ2) is 13.7. The molecule has 0 spiro atoms.